The van der Waals surface area contributed by atoms with E-state index in [1.807, 2.05) is 30.3 Å². The number of aliphatic hydroxyl groups excluding tert-OH is 1. The van der Waals surface area contributed by atoms with E-state index in [1.54, 1.807) is 0 Å². The summed E-state index contributed by atoms with van der Waals surface area (Å²) in [4.78, 5) is 5.34. The minimum Gasteiger partial charge on any atom is -0.393 e. The van der Waals surface area contributed by atoms with E-state index in [0.717, 1.165) is 37.0 Å². The molecule has 1 aliphatic carbocycles. The van der Waals surface area contributed by atoms with Crippen LogP contribution >= 0.6 is 0 Å². The van der Waals surface area contributed by atoms with Crippen LogP contribution in [0.5, 0.6) is 0 Å². The Labute approximate surface area is 150 Å². The Morgan fingerprint density at radius 1 is 1.28 bits per heavy atom. The van der Waals surface area contributed by atoms with Gasteiger partial charge in [-0.3, -0.25) is 0 Å². The monoisotopic (exact) mass is 344 g/mol. The minimum atomic E-state index is -0.533. The molecule has 0 radical (unpaired) electrons. The van der Waals surface area contributed by atoms with Gasteiger partial charge >= 0.3 is 0 Å². The first-order valence-electron chi connectivity index (χ1n) is 9.01. The molecule has 0 amide bonds. The largest absolute Gasteiger partial charge is 0.393 e. The van der Waals surface area contributed by atoms with Gasteiger partial charge in [0.15, 0.2) is 0 Å². The second kappa shape index (κ2) is 8.46. The maximum absolute atomic E-state index is 9.94. The molecule has 2 rings (SSSR count). The molecule has 1 saturated carbocycles. The summed E-state index contributed by atoms with van der Waals surface area (Å²) in [5.41, 5.74) is 1.75. The highest BCUT2D eigenvalue weighted by Gasteiger charge is 2.36. The lowest BCUT2D eigenvalue weighted by molar-refractivity contribution is -0.722. The van der Waals surface area contributed by atoms with Crippen molar-refractivity contribution in [2.24, 2.45) is 5.16 Å². The SMILES string of the molecule is CC(C)(C)[NH2+]C[C@@H](O)CON=C1CCC(C#N)(c2ccccc2)CC1. The fourth-order valence-corrected chi connectivity index (χ4v) is 3.05. The zero-order chi connectivity index (χ0) is 18.3. The fourth-order valence-electron chi connectivity index (χ4n) is 3.05. The lowest BCUT2D eigenvalue weighted by Gasteiger charge is -2.31. The lowest BCUT2D eigenvalue weighted by Crippen LogP contribution is -2.96. The number of aliphatic hydroxyl groups is 1. The topological polar surface area (TPSA) is 82.2 Å². The number of rotatable bonds is 6. The van der Waals surface area contributed by atoms with E-state index < -0.39 is 11.5 Å². The summed E-state index contributed by atoms with van der Waals surface area (Å²) in [6.45, 7) is 7.13. The summed E-state index contributed by atoms with van der Waals surface area (Å²) in [6, 6.07) is 12.5. The van der Waals surface area contributed by atoms with E-state index in [9.17, 15) is 10.4 Å². The fraction of sp³-hybridized carbons (Fsp3) is 0.600. The second-order valence-electron chi connectivity index (χ2n) is 7.97. The zero-order valence-corrected chi connectivity index (χ0v) is 15.5. The van der Waals surface area contributed by atoms with Crippen molar-refractivity contribution in [1.82, 2.24) is 0 Å². The minimum absolute atomic E-state index is 0.0916. The summed E-state index contributed by atoms with van der Waals surface area (Å²) in [5, 5.41) is 25.9. The second-order valence-corrected chi connectivity index (χ2v) is 7.97. The number of nitriles is 1. The van der Waals surface area contributed by atoms with Crippen LogP contribution in [-0.4, -0.2) is 35.6 Å². The highest BCUT2D eigenvalue weighted by atomic mass is 16.6. The first-order valence-corrected chi connectivity index (χ1v) is 9.01. The van der Waals surface area contributed by atoms with Crippen molar-refractivity contribution in [2.75, 3.05) is 13.2 Å². The van der Waals surface area contributed by atoms with E-state index in [1.165, 1.54) is 0 Å². The number of benzene rings is 1. The quantitative estimate of drug-likeness (QED) is 0.776. The molecule has 25 heavy (non-hydrogen) atoms. The number of nitrogens with zero attached hydrogens (tertiary/aromatic N) is 2. The van der Waals surface area contributed by atoms with Gasteiger partial charge in [0.25, 0.3) is 0 Å². The summed E-state index contributed by atoms with van der Waals surface area (Å²) in [5.74, 6) is 0. The van der Waals surface area contributed by atoms with Gasteiger partial charge in [-0.25, -0.2) is 0 Å². The van der Waals surface area contributed by atoms with Crippen LogP contribution < -0.4 is 5.32 Å². The summed E-state index contributed by atoms with van der Waals surface area (Å²) in [7, 11) is 0. The van der Waals surface area contributed by atoms with Crippen LogP contribution in [-0.2, 0) is 10.3 Å². The summed E-state index contributed by atoms with van der Waals surface area (Å²) < 4.78 is 0. The first kappa shape index (κ1) is 19.4. The molecule has 0 aromatic heterocycles. The van der Waals surface area contributed by atoms with Crippen molar-refractivity contribution >= 4 is 5.71 Å². The molecule has 0 heterocycles. The molecular formula is C20H30N3O2+. The molecule has 1 aromatic carbocycles. The number of nitrogens with two attached hydrogens (primary N) is 1. The molecule has 0 bridgehead atoms. The summed E-state index contributed by atoms with van der Waals surface area (Å²) in [6.07, 6.45) is 2.50. The molecule has 136 valence electrons. The average molecular weight is 344 g/mol. The molecule has 0 aliphatic heterocycles. The van der Waals surface area contributed by atoms with E-state index in [-0.39, 0.29) is 12.1 Å². The normalized spacial score (nSPS) is 22.1. The molecule has 1 aliphatic rings. The Kier molecular flexibility index (Phi) is 6.57. The molecule has 1 aromatic rings. The zero-order valence-electron chi connectivity index (χ0n) is 15.5. The van der Waals surface area contributed by atoms with Crippen LogP contribution in [0.4, 0.5) is 0 Å². The molecule has 0 saturated heterocycles. The molecule has 1 fully saturated rings. The molecule has 5 nitrogen and oxygen atoms in total. The first-order chi connectivity index (χ1) is 11.8. The van der Waals surface area contributed by atoms with Crippen LogP contribution in [0, 0.1) is 11.3 Å². The molecule has 5 heteroatoms. The van der Waals surface area contributed by atoms with Crippen molar-refractivity contribution in [3.63, 3.8) is 0 Å². The predicted octanol–water partition coefficient (Wildman–Crippen LogP) is 2.12. The Morgan fingerprint density at radius 2 is 1.92 bits per heavy atom. The molecule has 0 spiro atoms. The van der Waals surface area contributed by atoms with Crippen molar-refractivity contribution in [3.8, 4) is 6.07 Å². The predicted molar refractivity (Wildman–Crippen MR) is 98.1 cm³/mol. The number of hydrogen-bond donors (Lipinski definition) is 2. The molecule has 1 atom stereocenters. The van der Waals surface area contributed by atoms with Crippen molar-refractivity contribution in [3.05, 3.63) is 35.9 Å². The maximum atomic E-state index is 9.94. The smallest absolute Gasteiger partial charge is 0.148 e. The Morgan fingerprint density at radius 3 is 2.48 bits per heavy atom. The van der Waals surface area contributed by atoms with Gasteiger partial charge in [-0.1, -0.05) is 35.5 Å². The Balaban J connectivity index is 1.81. The van der Waals surface area contributed by atoms with Gasteiger partial charge in [0.1, 0.15) is 19.3 Å². The van der Waals surface area contributed by atoms with Gasteiger partial charge in [-0.05, 0) is 52.0 Å². The van der Waals surface area contributed by atoms with E-state index in [4.69, 9.17) is 4.84 Å². The van der Waals surface area contributed by atoms with Crippen LogP contribution in [0.1, 0.15) is 52.0 Å². The van der Waals surface area contributed by atoms with Crippen LogP contribution in [0.25, 0.3) is 0 Å². The van der Waals surface area contributed by atoms with Crippen molar-refractivity contribution in [2.45, 2.75) is 63.5 Å². The van der Waals surface area contributed by atoms with E-state index >= 15 is 0 Å². The maximum Gasteiger partial charge on any atom is 0.148 e. The van der Waals surface area contributed by atoms with Crippen LogP contribution in [0.3, 0.4) is 0 Å². The Bertz CT molecular complexity index is 604. The number of quaternary nitrogens is 1. The number of hydrogen-bond acceptors (Lipinski definition) is 4. The van der Waals surface area contributed by atoms with E-state index in [0.29, 0.717) is 6.54 Å². The van der Waals surface area contributed by atoms with Gasteiger partial charge in [-0.15, -0.1) is 0 Å². The van der Waals surface area contributed by atoms with Crippen molar-refractivity contribution in [1.29, 1.82) is 5.26 Å². The highest BCUT2D eigenvalue weighted by molar-refractivity contribution is 5.85. The third-order valence-electron chi connectivity index (χ3n) is 4.68. The average Bonchev–Trinajstić information content (AvgIpc) is 2.61. The standard InChI is InChI=1S/C20H29N3O2/c1-19(2,3)22-13-18(24)14-25-23-17-9-11-20(15-21,12-10-17)16-7-5-4-6-8-16/h4-8,18,22,24H,9-14H2,1-3H3/p+1/t18-,20?/m1/s1. The van der Waals surface area contributed by atoms with Gasteiger partial charge in [0.05, 0.1) is 22.7 Å². The molecule has 0 unspecified atom stereocenters. The lowest BCUT2D eigenvalue weighted by atomic mass is 9.70. The van der Waals surface area contributed by atoms with Crippen LogP contribution in [0.2, 0.25) is 0 Å². The summed E-state index contributed by atoms with van der Waals surface area (Å²) >= 11 is 0. The van der Waals surface area contributed by atoms with E-state index in [2.05, 4.69) is 37.3 Å². The Hall–Kier alpha value is -1.90. The third kappa shape index (κ3) is 5.84. The molecule has 3 N–H and O–H groups in total. The van der Waals surface area contributed by atoms with Gasteiger partial charge < -0.3 is 15.3 Å². The van der Waals surface area contributed by atoms with Gasteiger partial charge in [0, 0.05) is 0 Å². The number of oxime groups is 1. The van der Waals surface area contributed by atoms with Crippen molar-refractivity contribution < 1.29 is 15.3 Å². The van der Waals surface area contributed by atoms with Gasteiger partial charge in [-0.2, -0.15) is 5.26 Å². The van der Waals surface area contributed by atoms with Crippen LogP contribution in [0.15, 0.2) is 35.5 Å². The highest BCUT2D eigenvalue weighted by Crippen LogP contribution is 2.37. The van der Waals surface area contributed by atoms with Gasteiger partial charge in [0.2, 0.25) is 0 Å². The third-order valence-corrected chi connectivity index (χ3v) is 4.68. The molecular weight excluding hydrogens is 314 g/mol.